The van der Waals surface area contributed by atoms with Crippen molar-refractivity contribution in [2.75, 3.05) is 12.8 Å². The highest BCUT2D eigenvalue weighted by Crippen LogP contribution is 2.30. The molecule has 0 unspecified atom stereocenters. The fourth-order valence-electron chi connectivity index (χ4n) is 3.38. The van der Waals surface area contributed by atoms with Crippen LogP contribution in [0.1, 0.15) is 16.7 Å². The average Bonchev–Trinajstić information content (AvgIpc) is 2.84. The predicted octanol–water partition coefficient (Wildman–Crippen LogP) is 3.93. The van der Waals surface area contributed by atoms with Crippen LogP contribution in [0.25, 0.3) is 22.0 Å². The number of hydrogen-bond donors (Lipinski definition) is 1. The van der Waals surface area contributed by atoms with E-state index in [0.717, 1.165) is 10.1 Å². The fraction of sp³-hybridized carbons (Fsp3) is 0.0417. The highest BCUT2D eigenvalue weighted by Gasteiger charge is 2.22. The third kappa shape index (κ3) is 3.87. The van der Waals surface area contributed by atoms with Crippen LogP contribution < -0.4 is 16.0 Å². The molecule has 0 radical (unpaired) electrons. The molecule has 0 saturated carbocycles. The van der Waals surface area contributed by atoms with Crippen LogP contribution in [0.3, 0.4) is 0 Å². The van der Waals surface area contributed by atoms with Gasteiger partial charge < -0.3 is 10.5 Å². The summed E-state index contributed by atoms with van der Waals surface area (Å²) in [4.78, 5) is 17.4. The number of halogens is 1. The van der Waals surface area contributed by atoms with Gasteiger partial charge >= 0.3 is 0 Å². The average molecular weight is 455 g/mol. The maximum absolute atomic E-state index is 13.1. The summed E-state index contributed by atoms with van der Waals surface area (Å²) in [5.74, 6) is 0.385. The van der Waals surface area contributed by atoms with Crippen molar-refractivity contribution in [1.82, 2.24) is 9.66 Å². The summed E-state index contributed by atoms with van der Waals surface area (Å²) in [7, 11) is 1.52. The molecular weight excluding hydrogens is 440 g/mol. The van der Waals surface area contributed by atoms with Crippen molar-refractivity contribution in [3.8, 4) is 29.0 Å². The van der Waals surface area contributed by atoms with E-state index in [0.29, 0.717) is 22.4 Å². The summed E-state index contributed by atoms with van der Waals surface area (Å²) in [6, 6.07) is 19.6. The number of nitrogen functional groups attached to an aromatic ring is 1. The lowest BCUT2D eigenvalue weighted by Crippen LogP contribution is -2.25. The van der Waals surface area contributed by atoms with E-state index in [2.05, 4.69) is 10.1 Å². The van der Waals surface area contributed by atoms with Gasteiger partial charge in [-0.2, -0.15) is 20.3 Å². The summed E-state index contributed by atoms with van der Waals surface area (Å²) >= 11 is 6.26. The molecule has 2 heterocycles. The van der Waals surface area contributed by atoms with Crippen LogP contribution in [0.4, 0.5) is 5.82 Å². The quantitative estimate of drug-likeness (QED) is 0.367. The zero-order valence-electron chi connectivity index (χ0n) is 17.3. The molecule has 0 fully saturated rings. The van der Waals surface area contributed by atoms with E-state index in [-0.39, 0.29) is 27.7 Å². The van der Waals surface area contributed by atoms with Gasteiger partial charge in [0.05, 0.1) is 18.8 Å². The molecule has 2 aromatic heterocycles. The van der Waals surface area contributed by atoms with Gasteiger partial charge in [0.15, 0.2) is 0 Å². The lowest BCUT2D eigenvalue weighted by atomic mass is 9.96. The van der Waals surface area contributed by atoms with Crippen LogP contribution in [0.15, 0.2) is 64.5 Å². The van der Waals surface area contributed by atoms with Crippen molar-refractivity contribution in [2.24, 2.45) is 5.10 Å². The highest BCUT2D eigenvalue weighted by molar-refractivity contribution is 6.32. The molecule has 4 rings (SSSR count). The summed E-state index contributed by atoms with van der Waals surface area (Å²) in [5, 5.41) is 24.6. The Morgan fingerprint density at radius 2 is 1.82 bits per heavy atom. The number of benzene rings is 2. The number of methoxy groups -OCH3 is 1. The number of nitrogens with two attached hydrogens (primary N) is 1. The van der Waals surface area contributed by atoms with Gasteiger partial charge in [0.2, 0.25) is 0 Å². The molecule has 8 nitrogen and oxygen atoms in total. The minimum Gasteiger partial charge on any atom is -0.497 e. The second-order valence-corrected chi connectivity index (χ2v) is 7.24. The lowest BCUT2D eigenvalue weighted by Gasteiger charge is -2.13. The van der Waals surface area contributed by atoms with Crippen molar-refractivity contribution < 1.29 is 4.74 Å². The Hall–Kier alpha value is -4.66. The zero-order valence-corrected chi connectivity index (χ0v) is 18.0. The zero-order chi connectivity index (χ0) is 23.5. The summed E-state index contributed by atoms with van der Waals surface area (Å²) in [6.07, 6.45) is 1.31. The van der Waals surface area contributed by atoms with Gasteiger partial charge in [0.1, 0.15) is 40.0 Å². The Kier molecular flexibility index (Phi) is 5.77. The topological polar surface area (TPSA) is 130 Å². The van der Waals surface area contributed by atoms with Crippen molar-refractivity contribution in [1.29, 1.82) is 10.5 Å². The van der Waals surface area contributed by atoms with Crippen LogP contribution in [-0.2, 0) is 0 Å². The van der Waals surface area contributed by atoms with E-state index in [9.17, 15) is 15.3 Å². The number of nitriles is 2. The maximum Gasteiger partial charge on any atom is 0.291 e. The Morgan fingerprint density at radius 3 is 2.48 bits per heavy atom. The van der Waals surface area contributed by atoms with E-state index in [1.807, 2.05) is 36.4 Å². The number of para-hydroxylation sites is 1. The number of pyridine rings is 2. The number of fused-ring (bicyclic) bond motifs is 1. The molecule has 9 heteroatoms. The minimum absolute atomic E-state index is 0.0452. The number of aromatic nitrogens is 2. The molecule has 0 aliphatic heterocycles. The third-order valence-electron chi connectivity index (χ3n) is 5.01. The standard InChI is InChI=1S/C24H15ClN6O2/c1-33-17-8-6-14(7-9-17)21-18(11-26)23(28)31(24(32)19(21)12-27)29-13-16-10-15-4-2-3-5-20(15)30-22(16)25/h2-10,13H,28H2,1H3/b29-13+. The first-order chi connectivity index (χ1) is 16.0. The molecule has 4 aromatic rings. The van der Waals surface area contributed by atoms with Crippen LogP contribution >= 0.6 is 11.6 Å². The minimum atomic E-state index is -0.763. The van der Waals surface area contributed by atoms with Crippen LogP contribution in [0.2, 0.25) is 5.15 Å². The highest BCUT2D eigenvalue weighted by atomic mass is 35.5. The molecule has 0 atom stereocenters. The van der Waals surface area contributed by atoms with Gasteiger partial charge in [-0.3, -0.25) is 4.79 Å². The van der Waals surface area contributed by atoms with Crippen LogP contribution in [0.5, 0.6) is 5.75 Å². The Morgan fingerprint density at radius 1 is 1.12 bits per heavy atom. The first kappa shape index (κ1) is 21.6. The monoisotopic (exact) mass is 454 g/mol. The molecule has 160 valence electrons. The molecule has 0 bridgehead atoms. The molecule has 2 aromatic carbocycles. The van der Waals surface area contributed by atoms with Crippen molar-refractivity contribution in [3.63, 3.8) is 0 Å². The molecule has 0 amide bonds. The normalized spacial score (nSPS) is 10.8. The summed E-state index contributed by atoms with van der Waals surface area (Å²) in [6.45, 7) is 0. The second-order valence-electron chi connectivity index (χ2n) is 6.88. The number of ether oxygens (including phenoxy) is 1. The molecule has 33 heavy (non-hydrogen) atoms. The van der Waals surface area contributed by atoms with E-state index in [1.54, 1.807) is 30.3 Å². The number of nitrogens with zero attached hydrogens (tertiary/aromatic N) is 5. The first-order valence-corrected chi connectivity index (χ1v) is 9.99. The molecule has 0 saturated heterocycles. The first-order valence-electron chi connectivity index (χ1n) is 9.61. The van der Waals surface area contributed by atoms with Gasteiger partial charge in [-0.15, -0.1) is 0 Å². The van der Waals surface area contributed by atoms with Crippen molar-refractivity contribution >= 4 is 34.5 Å². The number of anilines is 1. The Labute approximate surface area is 193 Å². The molecule has 0 aliphatic carbocycles. The van der Waals surface area contributed by atoms with Crippen molar-refractivity contribution in [2.45, 2.75) is 0 Å². The number of rotatable bonds is 4. The van der Waals surface area contributed by atoms with Crippen LogP contribution in [-0.4, -0.2) is 23.0 Å². The van der Waals surface area contributed by atoms with Gasteiger partial charge in [-0.25, -0.2) is 4.98 Å². The fourth-order valence-corrected chi connectivity index (χ4v) is 3.57. The van der Waals surface area contributed by atoms with E-state index >= 15 is 0 Å². The van der Waals surface area contributed by atoms with Gasteiger partial charge in [0.25, 0.3) is 5.56 Å². The van der Waals surface area contributed by atoms with Gasteiger partial charge in [0, 0.05) is 16.5 Å². The third-order valence-corrected chi connectivity index (χ3v) is 5.31. The molecular formula is C24H15ClN6O2. The largest absolute Gasteiger partial charge is 0.497 e. The van der Waals surface area contributed by atoms with E-state index in [1.165, 1.54) is 13.3 Å². The van der Waals surface area contributed by atoms with E-state index in [4.69, 9.17) is 22.1 Å². The smallest absolute Gasteiger partial charge is 0.291 e. The molecule has 0 aliphatic rings. The SMILES string of the molecule is COc1ccc(-c2c(C#N)c(N)n(/N=C/c3cc4ccccc4nc3Cl)c(=O)c2C#N)cc1. The molecule has 2 N–H and O–H groups in total. The second kappa shape index (κ2) is 8.83. The van der Waals surface area contributed by atoms with Crippen LogP contribution in [0, 0.1) is 22.7 Å². The lowest BCUT2D eigenvalue weighted by molar-refractivity contribution is 0.415. The summed E-state index contributed by atoms with van der Waals surface area (Å²) < 4.78 is 5.95. The predicted molar refractivity (Wildman–Crippen MR) is 126 cm³/mol. The van der Waals surface area contributed by atoms with Crippen molar-refractivity contribution in [3.05, 3.63) is 86.8 Å². The Balaban J connectivity index is 1.89. The maximum atomic E-state index is 13.1. The summed E-state index contributed by atoms with van der Waals surface area (Å²) in [5.41, 5.74) is 6.85. The van der Waals surface area contributed by atoms with E-state index < -0.39 is 5.56 Å². The Bertz CT molecular complexity index is 1560. The van der Waals surface area contributed by atoms with Gasteiger partial charge in [-0.1, -0.05) is 41.9 Å². The number of hydrogen-bond acceptors (Lipinski definition) is 7. The molecule has 0 spiro atoms. The van der Waals surface area contributed by atoms with Gasteiger partial charge in [-0.05, 0) is 29.8 Å².